The van der Waals surface area contributed by atoms with Crippen LogP contribution in [0.3, 0.4) is 0 Å². The molecule has 1 aliphatic carbocycles. The summed E-state index contributed by atoms with van der Waals surface area (Å²) < 4.78 is 7.32. The number of anilines is 1. The van der Waals surface area contributed by atoms with Gasteiger partial charge in [-0.2, -0.15) is 5.26 Å². The molecule has 156 valence electrons. The molecule has 0 aliphatic heterocycles. The normalized spacial score (nSPS) is 13.6. The number of hydrogen-bond acceptors (Lipinski definition) is 6. The minimum absolute atomic E-state index is 0.113. The quantitative estimate of drug-likeness (QED) is 0.428. The molecule has 8 heteroatoms. The van der Waals surface area contributed by atoms with Crippen molar-refractivity contribution >= 4 is 45.0 Å². The van der Waals surface area contributed by atoms with Gasteiger partial charge in [0.15, 0.2) is 5.16 Å². The van der Waals surface area contributed by atoms with Crippen LogP contribution in [0.15, 0.2) is 29.4 Å². The van der Waals surface area contributed by atoms with Crippen molar-refractivity contribution in [3.63, 3.8) is 0 Å². The molecule has 1 aliphatic rings. The van der Waals surface area contributed by atoms with Crippen molar-refractivity contribution in [1.82, 2.24) is 9.55 Å². The first kappa shape index (κ1) is 20.9. The van der Waals surface area contributed by atoms with Gasteiger partial charge in [0.1, 0.15) is 11.1 Å². The van der Waals surface area contributed by atoms with Crippen LogP contribution in [0, 0.1) is 11.3 Å². The molecule has 0 unspecified atom stereocenters. The van der Waals surface area contributed by atoms with E-state index < -0.39 is 0 Å². The summed E-state index contributed by atoms with van der Waals surface area (Å²) in [7, 11) is 1.68. The lowest BCUT2D eigenvalue weighted by atomic mass is 10.1. The van der Waals surface area contributed by atoms with Gasteiger partial charge in [0, 0.05) is 18.5 Å². The van der Waals surface area contributed by atoms with Crippen molar-refractivity contribution in [3.05, 3.63) is 40.3 Å². The van der Waals surface area contributed by atoms with Gasteiger partial charge >= 0.3 is 0 Å². The fourth-order valence-electron chi connectivity index (χ4n) is 3.80. The average Bonchev–Trinajstić information content (AvgIpc) is 3.18. The van der Waals surface area contributed by atoms with Gasteiger partial charge in [-0.3, -0.25) is 4.79 Å². The molecule has 2 aromatic heterocycles. The molecule has 0 fully saturated rings. The van der Waals surface area contributed by atoms with Crippen LogP contribution in [-0.2, 0) is 28.9 Å². The molecular weight excluding hydrogens is 416 g/mol. The first-order chi connectivity index (χ1) is 14.7. The number of nitrogens with one attached hydrogen (secondary N) is 1. The number of thiophene rings is 1. The Morgan fingerprint density at radius 3 is 3.00 bits per heavy atom. The highest BCUT2D eigenvalue weighted by molar-refractivity contribution is 7.99. The van der Waals surface area contributed by atoms with E-state index in [0.717, 1.165) is 47.4 Å². The number of amides is 1. The van der Waals surface area contributed by atoms with E-state index in [1.165, 1.54) is 23.1 Å². The lowest BCUT2D eigenvalue weighted by Gasteiger charge is -2.08. The molecule has 4 rings (SSSR count). The summed E-state index contributed by atoms with van der Waals surface area (Å²) in [5, 5.41) is 14.1. The summed E-state index contributed by atoms with van der Waals surface area (Å²) in [5.41, 5.74) is 3.74. The second-order valence-electron chi connectivity index (χ2n) is 7.24. The van der Waals surface area contributed by atoms with E-state index in [0.29, 0.717) is 23.7 Å². The number of aromatic nitrogens is 2. The maximum Gasteiger partial charge on any atom is 0.235 e. The number of thioether (sulfide) groups is 1. The third-order valence-corrected chi connectivity index (χ3v) is 7.44. The Balaban J connectivity index is 1.48. The molecule has 0 saturated heterocycles. The summed E-state index contributed by atoms with van der Waals surface area (Å²) in [5.74, 6) is 0.127. The predicted octanol–water partition coefficient (Wildman–Crippen LogP) is 4.62. The van der Waals surface area contributed by atoms with Crippen molar-refractivity contribution in [2.75, 3.05) is 24.8 Å². The number of methoxy groups -OCH3 is 1. The van der Waals surface area contributed by atoms with E-state index in [4.69, 9.17) is 4.74 Å². The van der Waals surface area contributed by atoms with Crippen LogP contribution in [0.5, 0.6) is 0 Å². The molecule has 30 heavy (non-hydrogen) atoms. The molecular formula is C22H24N4O2S2. The molecule has 0 saturated carbocycles. The fourth-order valence-corrected chi connectivity index (χ4v) is 5.90. The molecule has 0 bridgehead atoms. The van der Waals surface area contributed by atoms with E-state index in [1.807, 2.05) is 24.3 Å². The van der Waals surface area contributed by atoms with Gasteiger partial charge in [0.2, 0.25) is 5.91 Å². The summed E-state index contributed by atoms with van der Waals surface area (Å²) >= 11 is 2.98. The third kappa shape index (κ3) is 4.38. The van der Waals surface area contributed by atoms with Crippen molar-refractivity contribution in [3.8, 4) is 6.07 Å². The van der Waals surface area contributed by atoms with Gasteiger partial charge in [-0.25, -0.2) is 4.98 Å². The van der Waals surface area contributed by atoms with Crippen LogP contribution in [0.4, 0.5) is 5.00 Å². The highest BCUT2D eigenvalue weighted by atomic mass is 32.2. The average molecular weight is 441 g/mol. The van der Waals surface area contributed by atoms with Gasteiger partial charge < -0.3 is 14.6 Å². The second-order valence-corrected chi connectivity index (χ2v) is 9.29. The van der Waals surface area contributed by atoms with Crippen LogP contribution in [-0.4, -0.2) is 34.9 Å². The number of nitrogens with zero attached hydrogens (tertiary/aromatic N) is 3. The number of hydrogen-bond donors (Lipinski definition) is 1. The topological polar surface area (TPSA) is 79.9 Å². The molecule has 1 N–H and O–H groups in total. The Morgan fingerprint density at radius 1 is 1.33 bits per heavy atom. The SMILES string of the molecule is COCCn1c(SCC(=O)Nc2sc3c(c2C#N)CCCCC3)nc2ccccc21. The number of nitriles is 1. The number of imidazole rings is 1. The monoisotopic (exact) mass is 440 g/mol. The first-order valence-electron chi connectivity index (χ1n) is 10.1. The van der Waals surface area contributed by atoms with Crippen LogP contribution in [0.2, 0.25) is 0 Å². The second kappa shape index (κ2) is 9.65. The number of carbonyl (C=O) groups is 1. The molecule has 0 spiro atoms. The van der Waals surface area contributed by atoms with Crippen molar-refractivity contribution in [2.45, 2.75) is 43.8 Å². The summed E-state index contributed by atoms with van der Waals surface area (Å²) in [6.07, 6.45) is 5.40. The minimum Gasteiger partial charge on any atom is -0.383 e. The number of para-hydroxylation sites is 2. The zero-order valence-electron chi connectivity index (χ0n) is 16.9. The molecule has 1 aromatic carbocycles. The van der Waals surface area contributed by atoms with E-state index in [9.17, 15) is 10.1 Å². The number of aryl methyl sites for hydroxylation is 1. The first-order valence-corrected chi connectivity index (χ1v) is 11.9. The Morgan fingerprint density at radius 2 is 2.17 bits per heavy atom. The molecule has 6 nitrogen and oxygen atoms in total. The molecule has 2 heterocycles. The lowest BCUT2D eigenvalue weighted by molar-refractivity contribution is -0.113. The highest BCUT2D eigenvalue weighted by Gasteiger charge is 2.21. The Hall–Kier alpha value is -2.34. The lowest BCUT2D eigenvalue weighted by Crippen LogP contribution is -2.15. The number of carbonyl (C=O) groups excluding carboxylic acids is 1. The standard InChI is InChI=1S/C22H24N4O2S2/c1-28-12-11-26-18-9-6-5-8-17(18)24-22(26)29-14-20(27)25-21-16(13-23)15-7-3-2-4-10-19(15)30-21/h5-6,8-9H,2-4,7,10-12,14H2,1H3,(H,25,27). The maximum absolute atomic E-state index is 12.7. The van der Waals surface area contributed by atoms with Gasteiger partial charge in [-0.1, -0.05) is 30.3 Å². The van der Waals surface area contributed by atoms with Crippen LogP contribution < -0.4 is 5.32 Å². The zero-order valence-corrected chi connectivity index (χ0v) is 18.6. The molecule has 3 aromatic rings. The number of ether oxygens (including phenoxy) is 1. The van der Waals surface area contributed by atoms with E-state index >= 15 is 0 Å². The van der Waals surface area contributed by atoms with Gasteiger partial charge in [0.05, 0.1) is 29.0 Å². The summed E-state index contributed by atoms with van der Waals surface area (Å²) in [6.45, 7) is 1.25. The summed E-state index contributed by atoms with van der Waals surface area (Å²) in [6, 6.07) is 10.3. The molecule has 0 radical (unpaired) electrons. The number of benzene rings is 1. The predicted molar refractivity (Wildman–Crippen MR) is 121 cm³/mol. The smallest absolute Gasteiger partial charge is 0.235 e. The van der Waals surface area contributed by atoms with Crippen LogP contribution in [0.1, 0.15) is 35.3 Å². The van der Waals surface area contributed by atoms with Crippen molar-refractivity contribution in [2.24, 2.45) is 0 Å². The Bertz CT molecular complexity index is 1100. The van der Waals surface area contributed by atoms with Gasteiger partial charge in [0.25, 0.3) is 0 Å². The van der Waals surface area contributed by atoms with Crippen LogP contribution in [0.25, 0.3) is 11.0 Å². The third-order valence-electron chi connectivity index (χ3n) is 5.26. The number of fused-ring (bicyclic) bond motifs is 2. The van der Waals surface area contributed by atoms with Crippen LogP contribution >= 0.6 is 23.1 Å². The Labute approximate surface area is 184 Å². The zero-order chi connectivity index (χ0) is 20.9. The van der Waals surface area contributed by atoms with Crippen molar-refractivity contribution in [1.29, 1.82) is 5.26 Å². The minimum atomic E-state index is -0.113. The fraction of sp³-hybridized carbons (Fsp3) is 0.409. The maximum atomic E-state index is 12.7. The van der Waals surface area contributed by atoms with E-state index in [-0.39, 0.29) is 11.7 Å². The molecule has 0 atom stereocenters. The van der Waals surface area contributed by atoms with Gasteiger partial charge in [-0.15, -0.1) is 11.3 Å². The molecule has 1 amide bonds. The van der Waals surface area contributed by atoms with Gasteiger partial charge in [-0.05, 0) is 43.4 Å². The summed E-state index contributed by atoms with van der Waals surface area (Å²) in [4.78, 5) is 18.6. The number of rotatable bonds is 7. The highest BCUT2D eigenvalue weighted by Crippen LogP contribution is 2.37. The largest absolute Gasteiger partial charge is 0.383 e. The van der Waals surface area contributed by atoms with E-state index in [2.05, 4.69) is 20.9 Å². The van der Waals surface area contributed by atoms with E-state index in [1.54, 1.807) is 18.4 Å². The Kier molecular flexibility index (Phi) is 6.72. The van der Waals surface area contributed by atoms with Crippen molar-refractivity contribution < 1.29 is 9.53 Å².